The molecule has 3 aromatic rings. The Kier molecular flexibility index (Phi) is 5.07. The van der Waals surface area contributed by atoms with Crippen LogP contribution in [-0.4, -0.2) is 17.4 Å². The number of benzene rings is 2. The second-order valence-corrected chi connectivity index (χ2v) is 9.10. The molecule has 1 aromatic heterocycles. The molecule has 3 heterocycles. The van der Waals surface area contributed by atoms with Gasteiger partial charge in [0.25, 0.3) is 0 Å². The number of rotatable bonds is 3. The molecule has 0 radical (unpaired) electrons. The summed E-state index contributed by atoms with van der Waals surface area (Å²) in [6.45, 7) is 3.71. The first-order chi connectivity index (χ1) is 14.5. The van der Waals surface area contributed by atoms with Crippen molar-refractivity contribution in [2.24, 2.45) is 0 Å². The van der Waals surface area contributed by atoms with Crippen LogP contribution in [0.25, 0.3) is 6.08 Å². The molecule has 0 spiro atoms. The van der Waals surface area contributed by atoms with Crippen molar-refractivity contribution in [3.63, 3.8) is 0 Å². The molecule has 2 aliphatic rings. The molecular weight excluding hydrogens is 441 g/mol. The summed E-state index contributed by atoms with van der Waals surface area (Å²) < 4.78 is 12.0. The Labute approximate surface area is 188 Å². The highest BCUT2D eigenvalue weighted by atomic mass is 35.5. The highest BCUT2D eigenvalue weighted by Gasteiger charge is 2.33. The quantitative estimate of drug-likeness (QED) is 0.430. The number of carbonyl (C=O) groups is 1. The Morgan fingerprint density at radius 2 is 2.03 bits per heavy atom. The lowest BCUT2D eigenvalue weighted by molar-refractivity contribution is 0.0873. The van der Waals surface area contributed by atoms with Gasteiger partial charge < -0.3 is 9.47 Å². The second-order valence-electron chi connectivity index (χ2n) is 7.34. The number of halogens is 2. The van der Waals surface area contributed by atoms with Gasteiger partial charge in [0.2, 0.25) is 5.78 Å². The average molecular weight is 458 g/mol. The SMILES string of the molecule is Cc1ccsc1/C=C1\Oc2c(ccc3c2CN(Cc2ccc(Cl)c(Cl)c2)CO3)C1=O. The molecule has 4 nitrogen and oxygen atoms in total. The lowest BCUT2D eigenvalue weighted by Gasteiger charge is -2.29. The Morgan fingerprint density at radius 3 is 2.80 bits per heavy atom. The van der Waals surface area contributed by atoms with E-state index in [0.29, 0.717) is 46.9 Å². The maximum absolute atomic E-state index is 12.9. The number of thiophene rings is 1. The van der Waals surface area contributed by atoms with E-state index in [1.54, 1.807) is 23.5 Å². The van der Waals surface area contributed by atoms with Crippen LogP contribution in [0.15, 0.2) is 47.5 Å². The summed E-state index contributed by atoms with van der Waals surface area (Å²) in [5, 5.41) is 3.07. The summed E-state index contributed by atoms with van der Waals surface area (Å²) in [5.74, 6) is 1.60. The van der Waals surface area contributed by atoms with E-state index in [2.05, 4.69) is 4.90 Å². The van der Waals surface area contributed by atoms with E-state index in [1.165, 1.54) is 0 Å². The molecule has 2 aliphatic heterocycles. The number of ether oxygens (including phenoxy) is 2. The topological polar surface area (TPSA) is 38.8 Å². The Morgan fingerprint density at radius 1 is 1.17 bits per heavy atom. The third-order valence-electron chi connectivity index (χ3n) is 5.24. The zero-order chi connectivity index (χ0) is 20.8. The van der Waals surface area contributed by atoms with E-state index in [0.717, 1.165) is 27.3 Å². The van der Waals surface area contributed by atoms with Gasteiger partial charge in [-0.1, -0.05) is 29.3 Å². The summed E-state index contributed by atoms with van der Waals surface area (Å²) in [6.07, 6.45) is 1.83. The van der Waals surface area contributed by atoms with Gasteiger partial charge in [-0.15, -0.1) is 11.3 Å². The molecule has 7 heteroatoms. The van der Waals surface area contributed by atoms with Crippen LogP contribution < -0.4 is 9.47 Å². The minimum atomic E-state index is -0.0952. The number of hydrogen-bond donors (Lipinski definition) is 0. The minimum absolute atomic E-state index is 0.0952. The van der Waals surface area contributed by atoms with E-state index in [-0.39, 0.29) is 5.78 Å². The van der Waals surface area contributed by atoms with E-state index in [4.69, 9.17) is 32.7 Å². The van der Waals surface area contributed by atoms with Gasteiger partial charge in [-0.25, -0.2) is 0 Å². The van der Waals surface area contributed by atoms with E-state index >= 15 is 0 Å². The lowest BCUT2D eigenvalue weighted by atomic mass is 10.0. The maximum Gasteiger partial charge on any atom is 0.232 e. The fourth-order valence-corrected chi connectivity index (χ4v) is 4.82. The smallest absolute Gasteiger partial charge is 0.232 e. The Balaban J connectivity index is 1.42. The predicted molar refractivity (Wildman–Crippen MR) is 120 cm³/mol. The largest absolute Gasteiger partial charge is 0.478 e. The van der Waals surface area contributed by atoms with Crippen molar-refractivity contribution in [3.8, 4) is 11.5 Å². The monoisotopic (exact) mass is 457 g/mol. The van der Waals surface area contributed by atoms with Gasteiger partial charge in [0.15, 0.2) is 5.76 Å². The molecule has 30 heavy (non-hydrogen) atoms. The summed E-state index contributed by atoms with van der Waals surface area (Å²) >= 11 is 13.8. The molecule has 2 aromatic carbocycles. The number of Topliss-reactive ketones (excluding diaryl/α,β-unsaturated/α-hetero) is 1. The molecule has 0 fully saturated rings. The van der Waals surface area contributed by atoms with E-state index < -0.39 is 0 Å². The molecule has 0 N–H and O–H groups in total. The van der Waals surface area contributed by atoms with Crippen LogP contribution in [0.5, 0.6) is 11.5 Å². The van der Waals surface area contributed by atoms with Gasteiger partial charge in [-0.3, -0.25) is 9.69 Å². The molecular formula is C23H17Cl2NO3S. The fraction of sp³-hybridized carbons (Fsp3) is 0.174. The van der Waals surface area contributed by atoms with Gasteiger partial charge in [0, 0.05) is 24.0 Å². The summed E-state index contributed by atoms with van der Waals surface area (Å²) in [5.41, 5.74) is 3.63. The fourth-order valence-electron chi connectivity index (χ4n) is 3.65. The van der Waals surface area contributed by atoms with Gasteiger partial charge in [-0.2, -0.15) is 0 Å². The maximum atomic E-state index is 12.9. The zero-order valence-corrected chi connectivity index (χ0v) is 18.4. The van der Waals surface area contributed by atoms with Crippen molar-refractivity contribution < 1.29 is 14.3 Å². The molecule has 0 atom stereocenters. The normalized spacial score (nSPS) is 16.9. The van der Waals surface area contributed by atoms with Gasteiger partial charge in [0.05, 0.1) is 21.2 Å². The second kappa shape index (κ2) is 7.75. The number of fused-ring (bicyclic) bond motifs is 3. The minimum Gasteiger partial charge on any atom is -0.478 e. The van der Waals surface area contributed by atoms with Crippen LogP contribution in [-0.2, 0) is 13.1 Å². The molecule has 0 saturated heterocycles. The van der Waals surface area contributed by atoms with Crippen LogP contribution in [0, 0.1) is 6.92 Å². The molecule has 0 unspecified atom stereocenters. The first-order valence-corrected chi connectivity index (χ1v) is 11.1. The summed E-state index contributed by atoms with van der Waals surface area (Å²) in [6, 6.07) is 11.3. The van der Waals surface area contributed by atoms with Crippen molar-refractivity contribution in [2.45, 2.75) is 20.0 Å². The van der Waals surface area contributed by atoms with Gasteiger partial charge in [0.1, 0.15) is 18.2 Å². The number of ketones is 1. The first kappa shape index (κ1) is 19.6. The van der Waals surface area contributed by atoms with Crippen LogP contribution in [0.1, 0.15) is 31.9 Å². The van der Waals surface area contributed by atoms with Crippen LogP contribution in [0.2, 0.25) is 10.0 Å². The van der Waals surface area contributed by atoms with Crippen molar-refractivity contribution in [1.29, 1.82) is 0 Å². The van der Waals surface area contributed by atoms with E-state index in [9.17, 15) is 4.79 Å². The lowest BCUT2D eigenvalue weighted by Crippen LogP contribution is -2.31. The van der Waals surface area contributed by atoms with Crippen LogP contribution >= 0.6 is 34.5 Å². The molecule has 5 rings (SSSR count). The molecule has 0 amide bonds. The highest BCUT2D eigenvalue weighted by molar-refractivity contribution is 7.11. The van der Waals surface area contributed by atoms with E-state index in [1.807, 2.05) is 42.6 Å². The molecule has 0 aliphatic carbocycles. The molecule has 152 valence electrons. The van der Waals surface area contributed by atoms with Crippen LogP contribution in [0.4, 0.5) is 0 Å². The Bertz CT molecular complexity index is 1200. The third kappa shape index (κ3) is 3.52. The molecule has 0 saturated carbocycles. The first-order valence-electron chi connectivity index (χ1n) is 9.43. The molecule has 0 bridgehead atoms. The standard InChI is InChI=1S/C23H17Cl2NO3S/c1-13-6-7-30-21(13)9-20-22(27)15-3-5-19-16(23(15)29-20)11-26(12-28-19)10-14-2-4-17(24)18(25)8-14/h2-9H,10-12H2,1H3/b20-9-. The average Bonchev–Trinajstić information content (AvgIpc) is 3.28. The number of nitrogens with zero attached hydrogens (tertiary/aromatic N) is 1. The summed E-state index contributed by atoms with van der Waals surface area (Å²) in [4.78, 5) is 16.0. The number of aryl methyl sites for hydroxylation is 1. The van der Waals surface area contributed by atoms with Crippen molar-refractivity contribution in [1.82, 2.24) is 4.90 Å². The highest BCUT2D eigenvalue weighted by Crippen LogP contribution is 2.42. The predicted octanol–water partition coefficient (Wildman–Crippen LogP) is 6.33. The van der Waals surface area contributed by atoms with Crippen molar-refractivity contribution in [2.75, 3.05) is 6.73 Å². The summed E-state index contributed by atoms with van der Waals surface area (Å²) in [7, 11) is 0. The van der Waals surface area contributed by atoms with Crippen LogP contribution in [0.3, 0.4) is 0 Å². The number of hydrogen-bond acceptors (Lipinski definition) is 5. The number of allylic oxidation sites excluding steroid dienone is 1. The van der Waals surface area contributed by atoms with Crippen molar-refractivity contribution in [3.05, 3.63) is 84.7 Å². The zero-order valence-electron chi connectivity index (χ0n) is 16.1. The Hall–Kier alpha value is -2.31. The van der Waals surface area contributed by atoms with Gasteiger partial charge in [-0.05, 0) is 53.8 Å². The third-order valence-corrected chi connectivity index (χ3v) is 6.94. The number of carbonyl (C=O) groups excluding carboxylic acids is 1. The van der Waals surface area contributed by atoms with Gasteiger partial charge >= 0.3 is 0 Å². The van der Waals surface area contributed by atoms with Crippen molar-refractivity contribution >= 4 is 46.4 Å².